The van der Waals surface area contributed by atoms with Crippen LogP contribution in [-0.4, -0.2) is 31.1 Å². The number of nitrogens with one attached hydrogen (secondary N) is 1. The molecule has 0 aromatic heterocycles. The van der Waals surface area contributed by atoms with E-state index in [-0.39, 0.29) is 27.7 Å². The number of benzene rings is 1. The van der Waals surface area contributed by atoms with Crippen molar-refractivity contribution in [1.29, 1.82) is 0 Å². The van der Waals surface area contributed by atoms with Crippen LogP contribution in [0, 0.1) is 17.0 Å². The molecule has 0 bridgehead atoms. The first-order chi connectivity index (χ1) is 9.19. The highest BCUT2D eigenvalue weighted by atomic mass is 35.5. The van der Waals surface area contributed by atoms with E-state index in [1.807, 2.05) is 0 Å². The molecular weight excluding hydrogens is 308 g/mol. The third-order valence-corrected chi connectivity index (χ3v) is 4.57. The molecule has 0 amide bonds. The highest BCUT2D eigenvalue weighted by Crippen LogP contribution is 2.29. The molecule has 0 saturated carbocycles. The average Bonchev–Trinajstić information content (AvgIpc) is 2.38. The van der Waals surface area contributed by atoms with Gasteiger partial charge in [-0.1, -0.05) is 18.5 Å². The summed E-state index contributed by atoms with van der Waals surface area (Å²) in [5.41, 5.74) is -0.168. The summed E-state index contributed by atoms with van der Waals surface area (Å²) in [4.78, 5) is 9.86. The van der Waals surface area contributed by atoms with Gasteiger partial charge < -0.3 is 5.11 Å². The zero-order chi connectivity index (χ0) is 15.5. The summed E-state index contributed by atoms with van der Waals surface area (Å²) in [6, 6.07) is 2.09. The second-order valence-electron chi connectivity index (χ2n) is 4.22. The van der Waals surface area contributed by atoms with Crippen molar-refractivity contribution in [2.45, 2.75) is 31.3 Å². The van der Waals surface area contributed by atoms with Gasteiger partial charge in [0.25, 0.3) is 5.69 Å². The van der Waals surface area contributed by atoms with Crippen LogP contribution in [0.2, 0.25) is 5.02 Å². The molecule has 0 fully saturated rings. The molecule has 0 spiro atoms. The molecule has 1 aromatic rings. The fourth-order valence-corrected chi connectivity index (χ4v) is 2.82. The molecule has 0 radical (unpaired) electrons. The van der Waals surface area contributed by atoms with E-state index in [1.54, 1.807) is 6.92 Å². The van der Waals surface area contributed by atoms with Gasteiger partial charge in [0.1, 0.15) is 0 Å². The lowest BCUT2D eigenvalue weighted by atomic mass is 10.2. The summed E-state index contributed by atoms with van der Waals surface area (Å²) in [7, 11) is -3.96. The average molecular weight is 323 g/mol. The van der Waals surface area contributed by atoms with E-state index in [0.717, 1.165) is 12.1 Å². The van der Waals surface area contributed by atoms with Gasteiger partial charge in [-0.05, 0) is 19.4 Å². The molecule has 7 nitrogen and oxygen atoms in total. The third-order valence-electron chi connectivity index (χ3n) is 2.78. The molecule has 1 rings (SSSR count). The number of aliphatic hydroxyl groups excluding tert-OH is 1. The second-order valence-corrected chi connectivity index (χ2v) is 6.39. The van der Waals surface area contributed by atoms with Crippen molar-refractivity contribution in [1.82, 2.24) is 4.72 Å². The van der Waals surface area contributed by atoms with E-state index in [2.05, 4.69) is 4.72 Å². The molecule has 112 valence electrons. The number of hydrogen-bond donors (Lipinski definition) is 2. The Bertz CT molecular complexity index is 617. The van der Waals surface area contributed by atoms with Gasteiger partial charge in [0.15, 0.2) is 0 Å². The van der Waals surface area contributed by atoms with Gasteiger partial charge in [0.05, 0.1) is 20.9 Å². The topological polar surface area (TPSA) is 110 Å². The summed E-state index contributed by atoms with van der Waals surface area (Å²) in [5.74, 6) is 0. The Morgan fingerprint density at radius 2 is 2.10 bits per heavy atom. The van der Waals surface area contributed by atoms with E-state index in [1.165, 1.54) is 6.92 Å². The molecule has 0 heterocycles. The predicted octanol–water partition coefficient (Wildman–Crippen LogP) is 1.61. The molecule has 20 heavy (non-hydrogen) atoms. The van der Waals surface area contributed by atoms with Crippen molar-refractivity contribution in [3.63, 3.8) is 0 Å². The number of sulfonamides is 1. The Labute approximate surface area is 121 Å². The molecule has 9 heteroatoms. The Kier molecular flexibility index (Phi) is 5.46. The van der Waals surface area contributed by atoms with E-state index >= 15 is 0 Å². The normalized spacial score (nSPS) is 13.2. The summed E-state index contributed by atoms with van der Waals surface area (Å²) in [6.07, 6.45) is -0.433. The third kappa shape index (κ3) is 3.89. The molecule has 0 saturated heterocycles. The number of halogens is 1. The standard InChI is InChI=1S/C11H15ClN2O5S/c1-3-8(15)6-13-20(18,19)9-4-10(12)7(2)11(5-9)14(16)17/h4-5,8,13,15H,3,6H2,1-2H3. The maximum Gasteiger partial charge on any atom is 0.275 e. The van der Waals surface area contributed by atoms with Crippen molar-refractivity contribution in [2.75, 3.05) is 6.54 Å². The molecule has 1 unspecified atom stereocenters. The molecule has 1 aromatic carbocycles. The lowest BCUT2D eigenvalue weighted by Crippen LogP contribution is -2.31. The zero-order valence-corrected chi connectivity index (χ0v) is 12.5. The lowest BCUT2D eigenvalue weighted by molar-refractivity contribution is -0.385. The van der Waals surface area contributed by atoms with Gasteiger partial charge in [-0.3, -0.25) is 10.1 Å². The molecule has 0 aliphatic heterocycles. The Morgan fingerprint density at radius 1 is 1.50 bits per heavy atom. The SMILES string of the molecule is CCC(O)CNS(=O)(=O)c1cc(Cl)c(C)c([N+](=O)[O-])c1. The number of hydrogen-bond acceptors (Lipinski definition) is 5. The smallest absolute Gasteiger partial charge is 0.275 e. The molecular formula is C11H15ClN2O5S. The minimum Gasteiger partial charge on any atom is -0.392 e. The second kappa shape index (κ2) is 6.49. The van der Waals surface area contributed by atoms with E-state index in [9.17, 15) is 23.6 Å². The quantitative estimate of drug-likeness (QED) is 0.610. The number of aliphatic hydroxyl groups is 1. The van der Waals surface area contributed by atoms with E-state index < -0.39 is 21.1 Å². The molecule has 2 N–H and O–H groups in total. The first-order valence-corrected chi connectivity index (χ1v) is 7.67. The van der Waals surface area contributed by atoms with Crippen LogP contribution in [0.4, 0.5) is 5.69 Å². The molecule has 1 atom stereocenters. The van der Waals surface area contributed by atoms with Crippen molar-refractivity contribution in [2.24, 2.45) is 0 Å². The Morgan fingerprint density at radius 3 is 2.60 bits per heavy atom. The van der Waals surface area contributed by atoms with Crippen LogP contribution in [0.25, 0.3) is 0 Å². The monoisotopic (exact) mass is 322 g/mol. The maximum atomic E-state index is 12.0. The number of nitro groups is 1. The minimum absolute atomic E-state index is 0.00406. The van der Waals surface area contributed by atoms with Crippen LogP contribution < -0.4 is 4.72 Å². The van der Waals surface area contributed by atoms with Gasteiger partial charge >= 0.3 is 0 Å². The highest BCUT2D eigenvalue weighted by Gasteiger charge is 2.22. The fraction of sp³-hybridized carbons (Fsp3) is 0.455. The number of rotatable bonds is 6. The zero-order valence-electron chi connectivity index (χ0n) is 11.0. The largest absolute Gasteiger partial charge is 0.392 e. The van der Waals surface area contributed by atoms with Crippen molar-refractivity contribution < 1.29 is 18.4 Å². The van der Waals surface area contributed by atoms with Gasteiger partial charge in [0, 0.05) is 18.2 Å². The van der Waals surface area contributed by atoms with Crippen molar-refractivity contribution in [3.05, 3.63) is 32.8 Å². The van der Waals surface area contributed by atoms with Gasteiger partial charge in [-0.25, -0.2) is 13.1 Å². The lowest BCUT2D eigenvalue weighted by Gasteiger charge is -2.11. The van der Waals surface area contributed by atoms with E-state index in [4.69, 9.17) is 11.6 Å². The van der Waals surface area contributed by atoms with Crippen LogP contribution in [0.5, 0.6) is 0 Å². The maximum absolute atomic E-state index is 12.0. The first kappa shape index (κ1) is 16.8. The van der Waals surface area contributed by atoms with Gasteiger partial charge in [-0.2, -0.15) is 0 Å². The minimum atomic E-state index is -3.96. The predicted molar refractivity (Wildman–Crippen MR) is 74.3 cm³/mol. The van der Waals surface area contributed by atoms with Crippen LogP contribution in [0.3, 0.4) is 0 Å². The van der Waals surface area contributed by atoms with E-state index in [0.29, 0.717) is 6.42 Å². The Balaban J connectivity index is 3.16. The van der Waals surface area contributed by atoms with Crippen molar-refractivity contribution >= 4 is 27.3 Å². The molecule has 0 aliphatic rings. The fourth-order valence-electron chi connectivity index (χ4n) is 1.42. The first-order valence-electron chi connectivity index (χ1n) is 5.81. The number of nitrogens with zero attached hydrogens (tertiary/aromatic N) is 1. The summed E-state index contributed by atoms with van der Waals surface area (Å²) < 4.78 is 26.2. The Hall–Kier alpha value is -1.22. The summed E-state index contributed by atoms with van der Waals surface area (Å²) in [5, 5.41) is 20.2. The van der Waals surface area contributed by atoms with Gasteiger partial charge in [0.2, 0.25) is 10.0 Å². The van der Waals surface area contributed by atoms with Gasteiger partial charge in [-0.15, -0.1) is 0 Å². The molecule has 0 aliphatic carbocycles. The summed E-state index contributed by atoms with van der Waals surface area (Å²) >= 11 is 5.81. The number of nitro benzene ring substituents is 1. The van der Waals surface area contributed by atoms with Crippen molar-refractivity contribution in [3.8, 4) is 0 Å². The van der Waals surface area contributed by atoms with Crippen LogP contribution in [0.1, 0.15) is 18.9 Å². The van der Waals surface area contributed by atoms with Crippen LogP contribution in [-0.2, 0) is 10.0 Å². The highest BCUT2D eigenvalue weighted by molar-refractivity contribution is 7.89. The summed E-state index contributed by atoms with van der Waals surface area (Å²) in [6.45, 7) is 2.97. The van der Waals surface area contributed by atoms with Crippen LogP contribution in [0.15, 0.2) is 17.0 Å². The van der Waals surface area contributed by atoms with Crippen LogP contribution >= 0.6 is 11.6 Å².